The normalized spacial score (nSPS) is 10.5. The Morgan fingerprint density at radius 1 is 1.47 bits per heavy atom. The number of hydrogen-bond acceptors (Lipinski definition) is 3. The van der Waals surface area contributed by atoms with Crippen LogP contribution in [0.4, 0.5) is 0 Å². The molecule has 4 nitrogen and oxygen atoms in total. The van der Waals surface area contributed by atoms with Crippen molar-refractivity contribution in [2.75, 3.05) is 0 Å². The van der Waals surface area contributed by atoms with E-state index in [9.17, 15) is 0 Å². The smallest absolute Gasteiger partial charge is 0.134 e. The fourth-order valence-corrected chi connectivity index (χ4v) is 2.13. The van der Waals surface area contributed by atoms with Gasteiger partial charge in [-0.15, -0.1) is 16.7 Å². The number of hydrogen-bond donors (Lipinski definition) is 0. The molecule has 0 saturated heterocycles. The van der Waals surface area contributed by atoms with Gasteiger partial charge in [-0.05, 0) is 23.8 Å². The summed E-state index contributed by atoms with van der Waals surface area (Å²) in [6, 6.07) is 5.72. The number of benzene rings is 1. The predicted octanol–water partition coefficient (Wildman–Crippen LogP) is 2.90. The number of halogens is 2. The summed E-state index contributed by atoms with van der Waals surface area (Å²) in [4.78, 5) is 0. The van der Waals surface area contributed by atoms with E-state index in [1.807, 2.05) is 31.4 Å². The number of aryl methyl sites for hydroxylation is 1. The molecule has 2 aromatic rings. The third-order valence-electron chi connectivity index (χ3n) is 2.20. The van der Waals surface area contributed by atoms with Crippen molar-refractivity contribution in [3.05, 3.63) is 40.1 Å². The van der Waals surface area contributed by atoms with E-state index in [1.54, 1.807) is 4.68 Å². The van der Waals surface area contributed by atoms with Crippen LogP contribution >= 0.6 is 27.5 Å². The van der Waals surface area contributed by atoms with Gasteiger partial charge < -0.3 is 4.74 Å². The Labute approximate surface area is 113 Å². The van der Waals surface area contributed by atoms with E-state index in [-0.39, 0.29) is 0 Å². The molecule has 0 saturated carbocycles. The Morgan fingerprint density at radius 2 is 2.29 bits per heavy atom. The van der Waals surface area contributed by atoms with E-state index in [0.29, 0.717) is 12.5 Å². The van der Waals surface area contributed by atoms with Crippen LogP contribution in [-0.2, 0) is 19.5 Å². The second-order valence-corrected chi connectivity index (χ2v) is 4.68. The molecule has 17 heavy (non-hydrogen) atoms. The molecule has 6 heteroatoms. The Morgan fingerprint density at radius 3 is 2.94 bits per heavy atom. The van der Waals surface area contributed by atoms with Crippen molar-refractivity contribution in [2.45, 2.75) is 12.5 Å². The summed E-state index contributed by atoms with van der Waals surface area (Å²) in [7, 11) is 1.82. The minimum absolute atomic E-state index is 0.400. The number of aromatic nitrogens is 3. The predicted molar refractivity (Wildman–Crippen MR) is 69.0 cm³/mol. The molecule has 1 heterocycles. The molecule has 0 fully saturated rings. The van der Waals surface area contributed by atoms with Crippen molar-refractivity contribution >= 4 is 27.5 Å². The quantitative estimate of drug-likeness (QED) is 0.814. The van der Waals surface area contributed by atoms with Crippen LogP contribution in [0.25, 0.3) is 0 Å². The monoisotopic (exact) mass is 315 g/mol. The van der Waals surface area contributed by atoms with E-state index in [2.05, 4.69) is 26.2 Å². The second kappa shape index (κ2) is 5.51. The van der Waals surface area contributed by atoms with Gasteiger partial charge in [0.2, 0.25) is 0 Å². The average molecular weight is 317 g/mol. The van der Waals surface area contributed by atoms with E-state index < -0.39 is 0 Å². The average Bonchev–Trinajstić information content (AvgIpc) is 2.74. The lowest BCUT2D eigenvalue weighted by Gasteiger charge is -2.06. The molecule has 0 aliphatic heterocycles. The maximum absolute atomic E-state index is 5.81. The second-order valence-electron chi connectivity index (χ2n) is 3.56. The molecule has 0 aliphatic carbocycles. The van der Waals surface area contributed by atoms with Gasteiger partial charge in [-0.1, -0.05) is 21.1 Å². The molecule has 0 bridgehead atoms. The van der Waals surface area contributed by atoms with Crippen molar-refractivity contribution in [2.24, 2.45) is 7.05 Å². The first kappa shape index (κ1) is 12.4. The fourth-order valence-electron chi connectivity index (χ4n) is 1.36. The molecule has 90 valence electrons. The zero-order valence-corrected chi connectivity index (χ0v) is 11.6. The summed E-state index contributed by atoms with van der Waals surface area (Å²) in [5, 5.41) is 7.78. The first-order chi connectivity index (χ1) is 8.19. The summed E-state index contributed by atoms with van der Waals surface area (Å²) >= 11 is 9.24. The largest absolute Gasteiger partial charge is 0.487 e. The molecular formula is C11H11BrClN3O. The van der Waals surface area contributed by atoms with Gasteiger partial charge in [0, 0.05) is 17.4 Å². The summed E-state index contributed by atoms with van der Waals surface area (Å²) < 4.78 is 8.24. The SMILES string of the molecule is Cn1cc(COc2ccc(Br)c(CCl)c2)nn1. The maximum Gasteiger partial charge on any atom is 0.134 e. The number of nitrogens with zero attached hydrogens (tertiary/aromatic N) is 3. The topological polar surface area (TPSA) is 39.9 Å². The van der Waals surface area contributed by atoms with Crippen LogP contribution in [0.15, 0.2) is 28.9 Å². The van der Waals surface area contributed by atoms with Crippen molar-refractivity contribution in [1.29, 1.82) is 0 Å². The van der Waals surface area contributed by atoms with Crippen molar-refractivity contribution in [1.82, 2.24) is 15.0 Å². The minimum atomic E-state index is 0.400. The van der Waals surface area contributed by atoms with E-state index in [0.717, 1.165) is 21.5 Å². The summed E-state index contributed by atoms with van der Waals surface area (Å²) in [6.07, 6.45) is 1.82. The van der Waals surface area contributed by atoms with E-state index in [4.69, 9.17) is 16.3 Å². The third-order valence-corrected chi connectivity index (χ3v) is 3.26. The van der Waals surface area contributed by atoms with Crippen molar-refractivity contribution < 1.29 is 4.74 Å². The van der Waals surface area contributed by atoms with Crippen molar-refractivity contribution in [3.8, 4) is 5.75 Å². The zero-order valence-electron chi connectivity index (χ0n) is 9.23. The van der Waals surface area contributed by atoms with Crippen LogP contribution in [0.1, 0.15) is 11.3 Å². The Bertz CT molecular complexity index is 515. The highest BCUT2D eigenvalue weighted by Gasteiger charge is 2.03. The first-order valence-corrected chi connectivity index (χ1v) is 6.34. The number of alkyl halides is 1. The number of rotatable bonds is 4. The van der Waals surface area contributed by atoms with Gasteiger partial charge in [-0.25, -0.2) is 0 Å². The summed E-state index contributed by atoms with van der Waals surface area (Å²) in [6.45, 7) is 0.400. The molecule has 0 atom stereocenters. The van der Waals surface area contributed by atoms with Crippen LogP contribution in [0.3, 0.4) is 0 Å². The Kier molecular flexibility index (Phi) is 4.02. The lowest BCUT2D eigenvalue weighted by molar-refractivity contribution is 0.301. The highest BCUT2D eigenvalue weighted by molar-refractivity contribution is 9.10. The van der Waals surface area contributed by atoms with Crippen LogP contribution in [0.5, 0.6) is 5.75 Å². The molecule has 0 amide bonds. The fraction of sp³-hybridized carbons (Fsp3) is 0.273. The van der Waals surface area contributed by atoms with Gasteiger partial charge >= 0.3 is 0 Å². The van der Waals surface area contributed by atoms with Gasteiger partial charge in [0.05, 0.1) is 6.20 Å². The molecule has 0 aliphatic rings. The first-order valence-electron chi connectivity index (χ1n) is 5.01. The highest BCUT2D eigenvalue weighted by Crippen LogP contribution is 2.24. The Balaban J connectivity index is 2.04. The van der Waals surface area contributed by atoms with E-state index >= 15 is 0 Å². The van der Waals surface area contributed by atoms with E-state index in [1.165, 1.54) is 0 Å². The molecule has 0 unspecified atom stereocenters. The van der Waals surface area contributed by atoms with Gasteiger partial charge in [0.1, 0.15) is 18.1 Å². The van der Waals surface area contributed by atoms with Crippen LogP contribution in [0.2, 0.25) is 0 Å². The van der Waals surface area contributed by atoms with Crippen LogP contribution < -0.4 is 4.74 Å². The molecule has 0 spiro atoms. The summed E-state index contributed by atoms with van der Waals surface area (Å²) in [5.74, 6) is 1.22. The van der Waals surface area contributed by atoms with Gasteiger partial charge in [-0.2, -0.15) is 0 Å². The van der Waals surface area contributed by atoms with Gasteiger partial charge in [-0.3, -0.25) is 4.68 Å². The molecule has 0 radical (unpaired) electrons. The summed E-state index contributed by atoms with van der Waals surface area (Å²) in [5.41, 5.74) is 1.80. The lowest BCUT2D eigenvalue weighted by atomic mass is 10.2. The molecular weight excluding hydrogens is 305 g/mol. The molecule has 0 N–H and O–H groups in total. The maximum atomic E-state index is 5.81. The highest BCUT2D eigenvalue weighted by atomic mass is 79.9. The lowest BCUT2D eigenvalue weighted by Crippen LogP contribution is -1.96. The minimum Gasteiger partial charge on any atom is -0.487 e. The molecule has 1 aromatic heterocycles. The standard InChI is InChI=1S/C11H11BrClN3O/c1-16-6-9(14-15-16)7-17-10-2-3-11(12)8(4-10)5-13/h2-4,6H,5,7H2,1H3. The third kappa shape index (κ3) is 3.20. The Hall–Kier alpha value is -1.07. The van der Waals surface area contributed by atoms with Crippen LogP contribution in [0, 0.1) is 0 Å². The van der Waals surface area contributed by atoms with Gasteiger partial charge in [0.15, 0.2) is 0 Å². The number of ether oxygens (including phenoxy) is 1. The molecule has 2 rings (SSSR count). The molecule has 1 aromatic carbocycles. The van der Waals surface area contributed by atoms with Crippen molar-refractivity contribution in [3.63, 3.8) is 0 Å². The van der Waals surface area contributed by atoms with Crippen LogP contribution in [-0.4, -0.2) is 15.0 Å². The van der Waals surface area contributed by atoms with Gasteiger partial charge in [0.25, 0.3) is 0 Å². The zero-order chi connectivity index (χ0) is 12.3.